The van der Waals surface area contributed by atoms with Crippen molar-refractivity contribution in [3.63, 3.8) is 0 Å². The Labute approximate surface area is 92.5 Å². The Hall–Kier alpha value is -1.80. The van der Waals surface area contributed by atoms with E-state index in [1.54, 1.807) is 0 Å². The van der Waals surface area contributed by atoms with Crippen molar-refractivity contribution in [2.45, 2.75) is 12.5 Å². The molecule has 0 saturated carbocycles. The Balaban J connectivity index is 2.27. The molecule has 2 aromatic rings. The van der Waals surface area contributed by atoms with Gasteiger partial charge >= 0.3 is 5.97 Å². The summed E-state index contributed by atoms with van der Waals surface area (Å²) in [6.45, 7) is 0. The highest BCUT2D eigenvalue weighted by Gasteiger charge is 2.35. The molecular weight excluding hydrogens is 234 g/mol. The van der Waals surface area contributed by atoms with Crippen LogP contribution in [0.3, 0.4) is 0 Å². The number of aromatic nitrogens is 3. The zero-order valence-corrected chi connectivity index (χ0v) is 8.56. The molecule has 2 N–H and O–H groups in total. The molecule has 2 heterocycles. The second kappa shape index (κ2) is 3.09. The molecule has 1 atom stereocenters. The third kappa shape index (κ3) is 1.11. The van der Waals surface area contributed by atoms with Gasteiger partial charge in [-0.15, -0.1) is 5.10 Å². The summed E-state index contributed by atoms with van der Waals surface area (Å²) in [5.74, 6) is -0.953. The van der Waals surface area contributed by atoms with Crippen molar-refractivity contribution in [1.82, 2.24) is 14.7 Å². The van der Waals surface area contributed by atoms with Crippen LogP contribution in [0, 0.1) is 0 Å². The lowest BCUT2D eigenvalue weighted by atomic mass is 9.95. The van der Waals surface area contributed by atoms with Crippen LogP contribution >= 0.6 is 11.5 Å². The fraction of sp³-hybridized carbons (Fsp3) is 0.250. The molecule has 16 heavy (non-hydrogen) atoms. The van der Waals surface area contributed by atoms with Gasteiger partial charge < -0.3 is 14.7 Å². The van der Waals surface area contributed by atoms with Crippen molar-refractivity contribution in [3.05, 3.63) is 17.0 Å². The predicted molar refractivity (Wildman–Crippen MR) is 51.0 cm³/mol. The number of hydrogen-bond acceptors (Lipinski definition) is 7. The van der Waals surface area contributed by atoms with E-state index < -0.39 is 12.1 Å². The summed E-state index contributed by atoms with van der Waals surface area (Å²) in [5, 5.41) is 26.0. The molecule has 1 aliphatic rings. The topological polar surface area (TPSA) is 109 Å². The van der Waals surface area contributed by atoms with Crippen LogP contribution in [0.1, 0.15) is 27.8 Å². The zero-order valence-electron chi connectivity index (χ0n) is 7.75. The lowest BCUT2D eigenvalue weighted by Gasteiger charge is -2.14. The van der Waals surface area contributed by atoms with Crippen molar-refractivity contribution in [3.8, 4) is 10.6 Å². The molecule has 0 fully saturated rings. The van der Waals surface area contributed by atoms with Gasteiger partial charge in [0.1, 0.15) is 4.88 Å². The van der Waals surface area contributed by atoms with Gasteiger partial charge in [0.05, 0.1) is 17.4 Å². The van der Waals surface area contributed by atoms with E-state index in [9.17, 15) is 9.90 Å². The number of hydrogen-bond donors (Lipinski definition) is 2. The first-order chi connectivity index (χ1) is 7.68. The van der Waals surface area contributed by atoms with Crippen LogP contribution in [0.2, 0.25) is 0 Å². The summed E-state index contributed by atoms with van der Waals surface area (Å²) in [4.78, 5) is 11.5. The summed E-state index contributed by atoms with van der Waals surface area (Å²) >= 11 is 1.10. The van der Waals surface area contributed by atoms with E-state index in [0.29, 0.717) is 10.6 Å². The molecule has 1 unspecified atom stereocenters. The lowest BCUT2D eigenvalue weighted by molar-refractivity contribution is 0.0678. The van der Waals surface area contributed by atoms with Crippen molar-refractivity contribution in [2.24, 2.45) is 0 Å². The fourth-order valence-electron chi connectivity index (χ4n) is 1.72. The Morgan fingerprint density at radius 2 is 2.38 bits per heavy atom. The van der Waals surface area contributed by atoms with Gasteiger partial charge in [0.25, 0.3) is 0 Å². The summed E-state index contributed by atoms with van der Waals surface area (Å²) < 4.78 is 8.68. The summed E-state index contributed by atoms with van der Waals surface area (Å²) in [7, 11) is 0. The highest BCUT2D eigenvalue weighted by atomic mass is 32.1. The van der Waals surface area contributed by atoms with E-state index in [-0.39, 0.29) is 23.4 Å². The van der Waals surface area contributed by atoms with Gasteiger partial charge in [0.2, 0.25) is 0 Å². The molecule has 0 radical (unpaired) electrons. The Morgan fingerprint density at radius 1 is 1.56 bits per heavy atom. The Bertz CT molecular complexity index is 576. The van der Waals surface area contributed by atoms with Gasteiger partial charge in [-0.05, 0) is 11.5 Å². The molecule has 7 nitrogen and oxygen atoms in total. The molecular formula is C8H5N3O4S. The number of aliphatic hydroxyl groups excluding tert-OH is 1. The van der Waals surface area contributed by atoms with Gasteiger partial charge in [0, 0.05) is 6.42 Å². The quantitative estimate of drug-likeness (QED) is 0.744. The van der Waals surface area contributed by atoms with Gasteiger partial charge in [0.15, 0.2) is 11.5 Å². The van der Waals surface area contributed by atoms with Crippen molar-refractivity contribution >= 4 is 17.5 Å². The standard InChI is InChI=1S/C8H5N3O4S/c12-3-1-2-7(16-11-9-2)6-4(3)5(8(13)14)10-15-6/h3,12H,1H2,(H,13,14). The number of aliphatic hydroxyl groups is 1. The first kappa shape index (κ1) is 9.43. The Kier molecular flexibility index (Phi) is 1.82. The smallest absolute Gasteiger partial charge is 0.358 e. The molecule has 1 aliphatic carbocycles. The number of rotatable bonds is 1. The molecule has 0 aliphatic heterocycles. The molecule has 2 aromatic heterocycles. The van der Waals surface area contributed by atoms with E-state index in [1.807, 2.05) is 0 Å². The minimum atomic E-state index is -1.22. The minimum absolute atomic E-state index is 0.214. The first-order valence-corrected chi connectivity index (χ1v) is 5.18. The second-order valence-corrected chi connectivity index (χ2v) is 4.10. The molecule has 0 spiro atoms. The largest absolute Gasteiger partial charge is 0.476 e. The highest BCUT2D eigenvalue weighted by molar-refractivity contribution is 7.09. The third-order valence-corrected chi connectivity index (χ3v) is 3.18. The van der Waals surface area contributed by atoms with Crippen LogP contribution in [0.15, 0.2) is 4.52 Å². The predicted octanol–water partition coefficient (Wildman–Crippen LogP) is 0.481. The molecule has 0 amide bonds. The zero-order chi connectivity index (χ0) is 11.3. The van der Waals surface area contributed by atoms with E-state index in [2.05, 4.69) is 14.7 Å². The first-order valence-electron chi connectivity index (χ1n) is 4.41. The second-order valence-electron chi connectivity index (χ2n) is 3.35. The molecule has 8 heteroatoms. The molecule has 0 bridgehead atoms. The molecule has 0 aromatic carbocycles. The van der Waals surface area contributed by atoms with Crippen molar-refractivity contribution in [1.29, 1.82) is 0 Å². The number of fused-ring (bicyclic) bond motifs is 3. The van der Waals surface area contributed by atoms with Gasteiger partial charge in [-0.2, -0.15) is 0 Å². The Morgan fingerprint density at radius 3 is 3.12 bits per heavy atom. The normalized spacial score (nSPS) is 17.9. The summed E-state index contributed by atoms with van der Waals surface area (Å²) in [5.41, 5.74) is 0.575. The monoisotopic (exact) mass is 239 g/mol. The number of aromatic carboxylic acids is 1. The average molecular weight is 239 g/mol. The van der Waals surface area contributed by atoms with E-state index in [1.165, 1.54) is 0 Å². The van der Waals surface area contributed by atoms with E-state index in [4.69, 9.17) is 9.63 Å². The fourth-order valence-corrected chi connectivity index (χ4v) is 2.40. The number of nitrogens with zero attached hydrogens (tertiary/aromatic N) is 3. The van der Waals surface area contributed by atoms with Crippen LogP contribution < -0.4 is 0 Å². The number of carboxylic acids is 1. The average Bonchev–Trinajstić information content (AvgIpc) is 2.80. The van der Waals surface area contributed by atoms with Crippen LogP contribution in [0.4, 0.5) is 0 Å². The van der Waals surface area contributed by atoms with Crippen LogP contribution in [-0.4, -0.2) is 30.9 Å². The van der Waals surface area contributed by atoms with E-state index >= 15 is 0 Å². The van der Waals surface area contributed by atoms with E-state index in [0.717, 1.165) is 11.5 Å². The molecule has 82 valence electrons. The molecule has 3 rings (SSSR count). The maximum atomic E-state index is 10.9. The molecule has 0 saturated heterocycles. The lowest BCUT2D eigenvalue weighted by Crippen LogP contribution is -2.12. The maximum Gasteiger partial charge on any atom is 0.358 e. The highest BCUT2D eigenvalue weighted by Crippen LogP contribution is 2.41. The van der Waals surface area contributed by atoms with Crippen molar-refractivity contribution < 1.29 is 19.5 Å². The van der Waals surface area contributed by atoms with Gasteiger partial charge in [-0.3, -0.25) is 0 Å². The van der Waals surface area contributed by atoms with Crippen LogP contribution in [0.25, 0.3) is 10.6 Å². The van der Waals surface area contributed by atoms with Crippen LogP contribution in [-0.2, 0) is 6.42 Å². The summed E-state index contributed by atoms with van der Waals surface area (Å²) in [6.07, 6.45) is -0.718. The number of carboxylic acid groups (broad SMARTS) is 1. The van der Waals surface area contributed by atoms with Crippen molar-refractivity contribution in [2.75, 3.05) is 0 Å². The minimum Gasteiger partial charge on any atom is -0.476 e. The van der Waals surface area contributed by atoms with Crippen LogP contribution in [0.5, 0.6) is 0 Å². The van der Waals surface area contributed by atoms with Gasteiger partial charge in [-0.25, -0.2) is 4.79 Å². The van der Waals surface area contributed by atoms with Gasteiger partial charge in [-0.1, -0.05) is 9.64 Å². The summed E-state index contributed by atoms with van der Waals surface area (Å²) in [6, 6.07) is 0. The third-order valence-electron chi connectivity index (χ3n) is 2.41. The maximum absolute atomic E-state index is 10.9. The number of carbonyl (C=O) groups is 1. The SMILES string of the molecule is O=C(O)c1noc2c1C(O)Cc1nnsc1-2.